The number of nitrogens with one attached hydrogen (secondary N) is 2. The summed E-state index contributed by atoms with van der Waals surface area (Å²) < 4.78 is 84.4. The molecule has 0 heterocycles. The van der Waals surface area contributed by atoms with Gasteiger partial charge in [0.25, 0.3) is 0 Å². The molecule has 6 nitrogen and oxygen atoms in total. The van der Waals surface area contributed by atoms with Gasteiger partial charge in [0.1, 0.15) is 0 Å². The molecule has 1 aliphatic rings. The van der Waals surface area contributed by atoms with E-state index in [1.165, 1.54) is 0 Å². The van der Waals surface area contributed by atoms with Crippen molar-refractivity contribution in [1.29, 1.82) is 0 Å². The first kappa shape index (κ1) is 29.3. The number of carboxylic acid groups (broad SMARTS) is 1. The van der Waals surface area contributed by atoms with E-state index in [2.05, 4.69) is 10.6 Å². The first-order chi connectivity index (χ1) is 17.8. The molecule has 2 amide bonds. The van der Waals surface area contributed by atoms with Crippen LogP contribution in [0.25, 0.3) is 0 Å². The van der Waals surface area contributed by atoms with Crippen molar-refractivity contribution in [3.63, 3.8) is 0 Å². The second-order valence-electron chi connectivity index (χ2n) is 9.28. The van der Waals surface area contributed by atoms with Gasteiger partial charge in [-0.1, -0.05) is 30.3 Å². The Morgan fingerprint density at radius 2 is 1.50 bits per heavy atom. The normalized spacial score (nSPS) is 19.0. The van der Waals surface area contributed by atoms with Crippen LogP contribution in [0.2, 0.25) is 0 Å². The lowest BCUT2D eigenvalue weighted by atomic mass is 9.85. The van der Waals surface area contributed by atoms with Crippen LogP contribution in [0.4, 0.5) is 31.1 Å². The van der Waals surface area contributed by atoms with E-state index in [-0.39, 0.29) is 42.6 Å². The van der Waals surface area contributed by atoms with Crippen LogP contribution in [0.15, 0.2) is 48.5 Å². The van der Waals surface area contributed by atoms with Crippen molar-refractivity contribution >= 4 is 12.0 Å². The number of carbonyl (C=O) groups is 2. The Morgan fingerprint density at radius 3 is 2.03 bits per heavy atom. The molecule has 1 saturated carbocycles. The maximum atomic E-state index is 13.1. The van der Waals surface area contributed by atoms with Gasteiger partial charge in [-0.25, -0.2) is 4.79 Å². The molecule has 1 aliphatic carbocycles. The Labute approximate surface area is 215 Å². The largest absolute Gasteiger partial charge is 0.465 e. The average molecular weight is 547 g/mol. The molecular weight excluding hydrogens is 518 g/mol. The zero-order chi connectivity index (χ0) is 27.9. The Hall–Kier alpha value is -3.28. The van der Waals surface area contributed by atoms with Crippen molar-refractivity contribution in [1.82, 2.24) is 10.6 Å². The van der Waals surface area contributed by atoms with Crippen LogP contribution in [0, 0.1) is 5.92 Å². The van der Waals surface area contributed by atoms with Gasteiger partial charge in [0.2, 0.25) is 5.91 Å². The topological polar surface area (TPSA) is 87.7 Å². The third-order valence-corrected chi connectivity index (χ3v) is 6.45. The van der Waals surface area contributed by atoms with Gasteiger partial charge in [0, 0.05) is 24.4 Å². The maximum Gasteiger partial charge on any atom is 0.416 e. The van der Waals surface area contributed by atoms with Gasteiger partial charge in [0.15, 0.2) is 0 Å². The van der Waals surface area contributed by atoms with Crippen molar-refractivity contribution in [2.75, 3.05) is 13.2 Å². The van der Waals surface area contributed by atoms with Crippen molar-refractivity contribution in [3.05, 3.63) is 70.8 Å². The summed E-state index contributed by atoms with van der Waals surface area (Å²) in [5.41, 5.74) is -2.31. The van der Waals surface area contributed by atoms with E-state index in [4.69, 9.17) is 9.84 Å². The Kier molecular flexibility index (Phi) is 9.64. The first-order valence-corrected chi connectivity index (χ1v) is 12.0. The van der Waals surface area contributed by atoms with Crippen LogP contribution >= 0.6 is 0 Å². The molecule has 1 atom stereocenters. The minimum absolute atomic E-state index is 0.0584. The molecule has 3 rings (SSSR count). The highest BCUT2D eigenvalue weighted by atomic mass is 19.4. The molecule has 0 spiro atoms. The minimum atomic E-state index is -4.95. The molecule has 0 saturated heterocycles. The Morgan fingerprint density at radius 1 is 0.921 bits per heavy atom. The fraction of sp³-hybridized carbons (Fsp3) is 0.462. The number of rotatable bonds is 9. The van der Waals surface area contributed by atoms with Gasteiger partial charge < -0.3 is 20.5 Å². The number of hydrogen-bond donors (Lipinski definition) is 3. The molecule has 12 heteroatoms. The third kappa shape index (κ3) is 8.64. The molecule has 1 unspecified atom stereocenters. The lowest BCUT2D eigenvalue weighted by Gasteiger charge is -2.28. The van der Waals surface area contributed by atoms with Gasteiger partial charge in [-0.3, -0.25) is 4.79 Å². The summed E-state index contributed by atoms with van der Waals surface area (Å²) in [6.45, 7) is -0.394. The third-order valence-electron chi connectivity index (χ3n) is 6.45. The predicted molar refractivity (Wildman–Crippen MR) is 125 cm³/mol. The van der Waals surface area contributed by atoms with Crippen LogP contribution in [0.1, 0.15) is 53.9 Å². The van der Waals surface area contributed by atoms with Crippen molar-refractivity contribution in [2.45, 2.75) is 56.6 Å². The van der Waals surface area contributed by atoms with Gasteiger partial charge in [-0.2, -0.15) is 26.3 Å². The highest BCUT2D eigenvalue weighted by Crippen LogP contribution is 2.36. The summed E-state index contributed by atoms with van der Waals surface area (Å²) >= 11 is 0. The number of halogens is 6. The Bertz CT molecular complexity index is 1050. The number of amides is 2. The van der Waals surface area contributed by atoms with Gasteiger partial charge in [0.05, 0.1) is 24.3 Å². The minimum Gasteiger partial charge on any atom is -0.465 e. The summed E-state index contributed by atoms with van der Waals surface area (Å²) in [4.78, 5) is 23.5. The molecule has 3 N–H and O–H groups in total. The second kappa shape index (κ2) is 12.5. The number of ether oxygens (including phenoxy) is 1. The van der Waals surface area contributed by atoms with E-state index < -0.39 is 42.1 Å². The summed E-state index contributed by atoms with van der Waals surface area (Å²) in [6, 6.07) is 10.0. The SMILES string of the molecule is O=C(O)NC1CCC(C(=O)NCC(COCc2cc(C(F)(F)F)cc(C(F)(F)F)c2)c2ccccc2)CC1. The van der Waals surface area contributed by atoms with Crippen molar-refractivity contribution in [3.8, 4) is 0 Å². The first-order valence-electron chi connectivity index (χ1n) is 12.0. The number of alkyl halides is 6. The van der Waals surface area contributed by atoms with Gasteiger partial charge in [-0.05, 0) is 55.0 Å². The van der Waals surface area contributed by atoms with Crippen molar-refractivity contribution in [2.24, 2.45) is 5.92 Å². The molecular formula is C26H28F6N2O4. The van der Waals surface area contributed by atoms with Gasteiger partial charge in [-0.15, -0.1) is 0 Å². The van der Waals surface area contributed by atoms with E-state index in [1.54, 1.807) is 30.3 Å². The fourth-order valence-corrected chi connectivity index (χ4v) is 4.46. The monoisotopic (exact) mass is 546 g/mol. The highest BCUT2D eigenvalue weighted by molar-refractivity contribution is 5.78. The second-order valence-corrected chi connectivity index (χ2v) is 9.28. The van der Waals surface area contributed by atoms with Crippen LogP contribution in [0.3, 0.4) is 0 Å². The summed E-state index contributed by atoms with van der Waals surface area (Å²) in [5, 5.41) is 14.1. The number of hydrogen-bond acceptors (Lipinski definition) is 3. The van der Waals surface area contributed by atoms with Crippen LogP contribution in [-0.2, 0) is 28.5 Å². The zero-order valence-electron chi connectivity index (χ0n) is 20.2. The molecule has 38 heavy (non-hydrogen) atoms. The molecule has 0 aromatic heterocycles. The van der Waals surface area contributed by atoms with E-state index >= 15 is 0 Å². The van der Waals surface area contributed by atoms with E-state index in [1.807, 2.05) is 0 Å². The lowest BCUT2D eigenvalue weighted by Crippen LogP contribution is -2.41. The molecule has 208 valence electrons. The molecule has 1 fully saturated rings. The molecule has 0 aliphatic heterocycles. The lowest BCUT2D eigenvalue weighted by molar-refractivity contribution is -0.143. The molecule has 0 bridgehead atoms. The molecule has 2 aromatic carbocycles. The number of carbonyl (C=O) groups excluding carboxylic acids is 1. The van der Waals surface area contributed by atoms with E-state index in [0.717, 1.165) is 5.56 Å². The molecule has 0 radical (unpaired) electrons. The fourth-order valence-electron chi connectivity index (χ4n) is 4.46. The van der Waals surface area contributed by atoms with Gasteiger partial charge >= 0.3 is 18.4 Å². The predicted octanol–water partition coefficient (Wildman–Crippen LogP) is 5.97. The average Bonchev–Trinajstić information content (AvgIpc) is 2.85. The molecule has 2 aromatic rings. The standard InChI is InChI=1S/C26H28F6N2O4/c27-25(28,29)20-10-16(11-21(12-20)26(30,31)32)14-38-15-19(17-4-2-1-3-5-17)13-33-23(35)18-6-8-22(9-7-18)34-24(36)37/h1-5,10-12,18-19,22,34H,6-9,13-15H2,(H,33,35)(H,36,37). The maximum absolute atomic E-state index is 13.1. The summed E-state index contributed by atoms with van der Waals surface area (Å²) in [5.74, 6) is -0.893. The Balaban J connectivity index is 1.62. The van der Waals surface area contributed by atoms with Crippen LogP contribution < -0.4 is 10.6 Å². The van der Waals surface area contributed by atoms with Crippen LogP contribution in [0.5, 0.6) is 0 Å². The smallest absolute Gasteiger partial charge is 0.416 e. The zero-order valence-corrected chi connectivity index (χ0v) is 20.2. The summed E-state index contributed by atoms with van der Waals surface area (Å²) in [6.07, 6.45) is -8.91. The van der Waals surface area contributed by atoms with Crippen LogP contribution in [-0.4, -0.2) is 36.3 Å². The quantitative estimate of drug-likeness (QED) is 0.339. The number of benzene rings is 2. The highest BCUT2D eigenvalue weighted by Gasteiger charge is 2.37. The van der Waals surface area contributed by atoms with E-state index in [0.29, 0.717) is 37.8 Å². The summed E-state index contributed by atoms with van der Waals surface area (Å²) in [7, 11) is 0. The van der Waals surface area contributed by atoms with E-state index in [9.17, 15) is 35.9 Å². The van der Waals surface area contributed by atoms with Crippen molar-refractivity contribution < 1.29 is 45.8 Å².